The topological polar surface area (TPSA) is 66.4 Å². The highest BCUT2D eigenvalue weighted by Gasteiger charge is 2.17. The fraction of sp³-hybridized carbons (Fsp3) is 0. The molecule has 2 aromatic carbocycles. The molecule has 2 aromatic rings. The van der Waals surface area contributed by atoms with Crippen molar-refractivity contribution in [3.8, 4) is 0 Å². The van der Waals surface area contributed by atoms with Gasteiger partial charge in [-0.3, -0.25) is 4.79 Å². The Morgan fingerprint density at radius 3 is 2.33 bits per heavy atom. The molecule has 0 saturated carbocycles. The van der Waals surface area contributed by atoms with Crippen LogP contribution in [0.15, 0.2) is 36.4 Å². The Bertz CT molecular complexity index is 734. The number of aromatic carboxylic acids is 1. The molecule has 0 fully saturated rings. The summed E-state index contributed by atoms with van der Waals surface area (Å²) in [5, 5.41) is 11.5. The largest absolute Gasteiger partial charge is 0.478 e. The number of benzene rings is 2. The van der Waals surface area contributed by atoms with Gasteiger partial charge >= 0.3 is 5.97 Å². The highest BCUT2D eigenvalue weighted by molar-refractivity contribution is 6.31. The van der Waals surface area contributed by atoms with Gasteiger partial charge in [-0.25, -0.2) is 13.6 Å². The zero-order valence-corrected chi connectivity index (χ0v) is 11.1. The maximum atomic E-state index is 13.5. The second-order valence-electron chi connectivity index (χ2n) is 4.07. The molecule has 0 bridgehead atoms. The molecule has 108 valence electrons. The first-order valence-corrected chi connectivity index (χ1v) is 6.05. The Hall–Kier alpha value is -2.47. The maximum absolute atomic E-state index is 13.5. The van der Waals surface area contributed by atoms with Crippen molar-refractivity contribution in [3.63, 3.8) is 0 Å². The lowest BCUT2D eigenvalue weighted by Crippen LogP contribution is -2.16. The molecular weight excluding hydrogens is 304 g/mol. The van der Waals surface area contributed by atoms with E-state index in [2.05, 4.69) is 5.32 Å². The van der Waals surface area contributed by atoms with Gasteiger partial charge in [0.05, 0.1) is 16.8 Å². The fourth-order valence-electron chi connectivity index (χ4n) is 1.67. The van der Waals surface area contributed by atoms with Crippen molar-refractivity contribution in [2.24, 2.45) is 0 Å². The third-order valence-corrected chi connectivity index (χ3v) is 2.87. The standard InChI is InChI=1S/C14H8ClF2NO3/c15-7-1-3-10(14(20)21)12(5-7)18-13(19)9-4-2-8(16)6-11(9)17/h1-6H,(H,18,19)(H,20,21). The number of nitrogens with one attached hydrogen (secondary N) is 1. The summed E-state index contributed by atoms with van der Waals surface area (Å²) < 4.78 is 26.3. The van der Waals surface area contributed by atoms with Gasteiger partial charge in [0.15, 0.2) is 0 Å². The number of halogens is 3. The summed E-state index contributed by atoms with van der Waals surface area (Å²) in [4.78, 5) is 23.0. The van der Waals surface area contributed by atoms with E-state index in [1.165, 1.54) is 18.2 Å². The minimum Gasteiger partial charge on any atom is -0.478 e. The molecule has 0 unspecified atom stereocenters. The van der Waals surface area contributed by atoms with Crippen molar-refractivity contribution in [3.05, 3.63) is 64.2 Å². The van der Waals surface area contributed by atoms with E-state index in [9.17, 15) is 18.4 Å². The van der Waals surface area contributed by atoms with Crippen LogP contribution in [0.5, 0.6) is 0 Å². The van der Waals surface area contributed by atoms with Crippen LogP contribution in [-0.4, -0.2) is 17.0 Å². The van der Waals surface area contributed by atoms with Gasteiger partial charge in [0, 0.05) is 11.1 Å². The number of rotatable bonds is 3. The Kier molecular flexibility index (Phi) is 4.18. The summed E-state index contributed by atoms with van der Waals surface area (Å²) >= 11 is 5.74. The van der Waals surface area contributed by atoms with Crippen LogP contribution in [0.3, 0.4) is 0 Å². The third kappa shape index (κ3) is 3.35. The minimum atomic E-state index is -1.28. The van der Waals surface area contributed by atoms with Crippen molar-refractivity contribution in [1.82, 2.24) is 0 Å². The third-order valence-electron chi connectivity index (χ3n) is 2.64. The van der Waals surface area contributed by atoms with Crippen molar-refractivity contribution in [1.29, 1.82) is 0 Å². The van der Waals surface area contributed by atoms with Crippen LogP contribution < -0.4 is 5.32 Å². The predicted molar refractivity (Wildman–Crippen MR) is 72.7 cm³/mol. The lowest BCUT2D eigenvalue weighted by atomic mass is 10.1. The summed E-state index contributed by atoms with van der Waals surface area (Å²) in [6.45, 7) is 0. The van der Waals surface area contributed by atoms with E-state index in [-0.39, 0.29) is 16.3 Å². The first-order chi connectivity index (χ1) is 9.88. The molecule has 0 radical (unpaired) electrons. The van der Waals surface area contributed by atoms with Gasteiger partial charge in [-0.2, -0.15) is 0 Å². The Labute approximate surface area is 123 Å². The number of carboxylic acids is 1. The summed E-state index contributed by atoms with van der Waals surface area (Å²) in [5.74, 6) is -4.05. The molecule has 1 amide bonds. The van der Waals surface area contributed by atoms with Crippen LogP contribution in [0.2, 0.25) is 5.02 Å². The SMILES string of the molecule is O=C(Nc1cc(Cl)ccc1C(=O)O)c1ccc(F)cc1F. The molecule has 2 N–H and O–H groups in total. The Morgan fingerprint density at radius 2 is 1.71 bits per heavy atom. The van der Waals surface area contributed by atoms with Crippen LogP contribution in [-0.2, 0) is 0 Å². The van der Waals surface area contributed by atoms with Crippen LogP contribution in [0.4, 0.5) is 14.5 Å². The van der Waals surface area contributed by atoms with Gasteiger partial charge in [0.25, 0.3) is 5.91 Å². The molecule has 0 aliphatic heterocycles. The molecular formula is C14H8ClF2NO3. The summed E-state index contributed by atoms with van der Waals surface area (Å²) in [5.41, 5.74) is -0.688. The molecule has 0 aliphatic carbocycles. The number of carbonyl (C=O) groups excluding carboxylic acids is 1. The van der Waals surface area contributed by atoms with Gasteiger partial charge in [-0.05, 0) is 30.3 Å². The lowest BCUT2D eigenvalue weighted by Gasteiger charge is -2.09. The van der Waals surface area contributed by atoms with E-state index < -0.39 is 29.1 Å². The van der Waals surface area contributed by atoms with Crippen molar-refractivity contribution in [2.75, 3.05) is 5.32 Å². The Morgan fingerprint density at radius 1 is 1.05 bits per heavy atom. The Balaban J connectivity index is 2.35. The van der Waals surface area contributed by atoms with Gasteiger partial charge in [0.2, 0.25) is 0 Å². The molecule has 0 saturated heterocycles. The average molecular weight is 312 g/mol. The van der Waals surface area contributed by atoms with Gasteiger partial charge in [-0.1, -0.05) is 11.6 Å². The van der Waals surface area contributed by atoms with E-state index in [1.54, 1.807) is 0 Å². The zero-order valence-electron chi connectivity index (χ0n) is 10.4. The molecule has 0 heterocycles. The predicted octanol–water partition coefficient (Wildman–Crippen LogP) is 3.57. The smallest absolute Gasteiger partial charge is 0.337 e. The van der Waals surface area contributed by atoms with Crippen LogP contribution in [0.1, 0.15) is 20.7 Å². The normalized spacial score (nSPS) is 10.2. The molecule has 21 heavy (non-hydrogen) atoms. The van der Waals surface area contributed by atoms with Crippen molar-refractivity contribution < 1.29 is 23.5 Å². The lowest BCUT2D eigenvalue weighted by molar-refractivity contribution is 0.0698. The van der Waals surface area contributed by atoms with E-state index in [0.29, 0.717) is 6.07 Å². The van der Waals surface area contributed by atoms with Crippen molar-refractivity contribution in [2.45, 2.75) is 0 Å². The molecule has 7 heteroatoms. The minimum absolute atomic E-state index is 0.0799. The van der Waals surface area contributed by atoms with Gasteiger partial charge in [0.1, 0.15) is 11.6 Å². The summed E-state index contributed by atoms with van der Waals surface area (Å²) in [6, 6.07) is 6.23. The number of carbonyl (C=O) groups is 2. The zero-order chi connectivity index (χ0) is 15.6. The van der Waals surface area contributed by atoms with E-state index in [1.807, 2.05) is 0 Å². The molecule has 0 atom stereocenters. The highest BCUT2D eigenvalue weighted by atomic mass is 35.5. The quantitative estimate of drug-likeness (QED) is 0.910. The monoisotopic (exact) mass is 311 g/mol. The molecule has 0 aromatic heterocycles. The van der Waals surface area contributed by atoms with Crippen LogP contribution in [0, 0.1) is 11.6 Å². The second-order valence-corrected chi connectivity index (χ2v) is 4.51. The highest BCUT2D eigenvalue weighted by Crippen LogP contribution is 2.22. The number of anilines is 1. The molecule has 0 aliphatic rings. The molecule has 0 spiro atoms. The van der Waals surface area contributed by atoms with E-state index >= 15 is 0 Å². The second kappa shape index (κ2) is 5.88. The van der Waals surface area contributed by atoms with Crippen molar-refractivity contribution >= 4 is 29.2 Å². The fourth-order valence-corrected chi connectivity index (χ4v) is 1.84. The number of carboxylic acid groups (broad SMARTS) is 1. The molecule has 2 rings (SSSR count). The van der Waals surface area contributed by atoms with Crippen LogP contribution in [0.25, 0.3) is 0 Å². The first-order valence-electron chi connectivity index (χ1n) is 5.67. The average Bonchev–Trinajstić information content (AvgIpc) is 2.37. The van der Waals surface area contributed by atoms with Crippen LogP contribution >= 0.6 is 11.6 Å². The van der Waals surface area contributed by atoms with Gasteiger partial charge < -0.3 is 10.4 Å². The summed E-state index contributed by atoms with van der Waals surface area (Å²) in [6.07, 6.45) is 0. The maximum Gasteiger partial charge on any atom is 0.337 e. The first kappa shape index (κ1) is 14.9. The number of hydrogen-bond donors (Lipinski definition) is 2. The van der Waals surface area contributed by atoms with Gasteiger partial charge in [-0.15, -0.1) is 0 Å². The summed E-state index contributed by atoms with van der Waals surface area (Å²) in [7, 11) is 0. The van der Waals surface area contributed by atoms with E-state index in [4.69, 9.17) is 16.7 Å². The molecule has 4 nitrogen and oxygen atoms in total. The van der Waals surface area contributed by atoms with E-state index in [0.717, 1.165) is 12.1 Å². The number of amides is 1. The number of hydrogen-bond acceptors (Lipinski definition) is 2.